The Labute approximate surface area is 103 Å². The summed E-state index contributed by atoms with van der Waals surface area (Å²) in [6.45, 7) is 8.11. The Balaban J connectivity index is 2.82. The fraction of sp³-hybridized carbons (Fsp3) is 0.429. The van der Waals surface area contributed by atoms with Gasteiger partial charge in [0.1, 0.15) is 5.75 Å². The van der Waals surface area contributed by atoms with Gasteiger partial charge in [0.2, 0.25) is 0 Å². The van der Waals surface area contributed by atoms with Gasteiger partial charge in [-0.15, -0.1) is 6.58 Å². The van der Waals surface area contributed by atoms with Crippen LogP contribution < -0.4 is 4.74 Å². The second-order valence-corrected chi connectivity index (χ2v) is 4.06. The zero-order valence-electron chi connectivity index (χ0n) is 10.6. The third-order valence-electron chi connectivity index (χ3n) is 2.63. The molecule has 0 amide bonds. The molecule has 94 valence electrons. The number of hydrogen-bond acceptors (Lipinski definition) is 3. The number of methoxy groups -OCH3 is 1. The second kappa shape index (κ2) is 7.09. The molecule has 17 heavy (non-hydrogen) atoms. The number of rotatable bonds is 7. The van der Waals surface area contributed by atoms with Crippen molar-refractivity contribution < 1.29 is 9.84 Å². The Morgan fingerprint density at radius 3 is 2.82 bits per heavy atom. The van der Waals surface area contributed by atoms with E-state index >= 15 is 0 Å². The molecular formula is C14H21NO2. The highest BCUT2D eigenvalue weighted by molar-refractivity contribution is 5.36. The summed E-state index contributed by atoms with van der Waals surface area (Å²) in [5.41, 5.74) is 2.35. The topological polar surface area (TPSA) is 32.7 Å². The maximum absolute atomic E-state index is 9.02. The van der Waals surface area contributed by atoms with E-state index in [0.29, 0.717) is 6.54 Å². The van der Waals surface area contributed by atoms with Crippen molar-refractivity contribution in [2.45, 2.75) is 13.5 Å². The van der Waals surface area contributed by atoms with Crippen LogP contribution >= 0.6 is 0 Å². The maximum Gasteiger partial charge on any atom is 0.123 e. The Bertz CT molecular complexity index is 363. The van der Waals surface area contributed by atoms with Crippen LogP contribution in [0.4, 0.5) is 0 Å². The molecule has 0 fully saturated rings. The smallest absolute Gasteiger partial charge is 0.123 e. The van der Waals surface area contributed by atoms with E-state index in [-0.39, 0.29) is 6.61 Å². The molecule has 1 aromatic carbocycles. The molecule has 1 N–H and O–H groups in total. The minimum atomic E-state index is 0.155. The first kappa shape index (κ1) is 13.7. The fourth-order valence-corrected chi connectivity index (χ4v) is 1.83. The van der Waals surface area contributed by atoms with E-state index in [1.54, 1.807) is 7.11 Å². The van der Waals surface area contributed by atoms with E-state index in [9.17, 15) is 0 Å². The Kier molecular flexibility index (Phi) is 5.73. The average Bonchev–Trinajstić information content (AvgIpc) is 2.30. The molecule has 0 atom stereocenters. The van der Waals surface area contributed by atoms with Gasteiger partial charge in [-0.1, -0.05) is 23.8 Å². The van der Waals surface area contributed by atoms with Crippen molar-refractivity contribution in [1.82, 2.24) is 4.90 Å². The zero-order valence-corrected chi connectivity index (χ0v) is 10.6. The molecule has 0 saturated heterocycles. The fourth-order valence-electron chi connectivity index (χ4n) is 1.83. The average molecular weight is 235 g/mol. The third-order valence-corrected chi connectivity index (χ3v) is 2.63. The van der Waals surface area contributed by atoms with Crippen LogP contribution in [0.25, 0.3) is 0 Å². The summed E-state index contributed by atoms with van der Waals surface area (Å²) in [7, 11) is 1.68. The number of aliphatic hydroxyl groups is 1. The van der Waals surface area contributed by atoms with Crippen molar-refractivity contribution in [3.63, 3.8) is 0 Å². The summed E-state index contributed by atoms with van der Waals surface area (Å²) in [6.07, 6.45) is 1.85. The SMILES string of the molecule is C=CCN(CCO)Cc1cc(C)ccc1OC. The minimum absolute atomic E-state index is 0.155. The molecule has 3 heteroatoms. The number of benzene rings is 1. The van der Waals surface area contributed by atoms with Gasteiger partial charge in [-0.05, 0) is 13.0 Å². The Hall–Kier alpha value is -1.32. The molecule has 0 aliphatic carbocycles. The van der Waals surface area contributed by atoms with Crippen molar-refractivity contribution in [2.75, 3.05) is 26.8 Å². The lowest BCUT2D eigenvalue weighted by Crippen LogP contribution is -2.26. The largest absolute Gasteiger partial charge is 0.496 e. The van der Waals surface area contributed by atoms with E-state index in [1.807, 2.05) is 18.2 Å². The first-order chi connectivity index (χ1) is 8.21. The van der Waals surface area contributed by atoms with Crippen molar-refractivity contribution >= 4 is 0 Å². The Morgan fingerprint density at radius 1 is 1.47 bits per heavy atom. The highest BCUT2D eigenvalue weighted by Crippen LogP contribution is 2.21. The first-order valence-corrected chi connectivity index (χ1v) is 5.79. The molecule has 0 saturated carbocycles. The molecule has 1 aromatic rings. The van der Waals surface area contributed by atoms with Gasteiger partial charge in [0.25, 0.3) is 0 Å². The van der Waals surface area contributed by atoms with Gasteiger partial charge in [-0.3, -0.25) is 4.90 Å². The van der Waals surface area contributed by atoms with Crippen LogP contribution in [-0.4, -0.2) is 36.8 Å². The normalized spacial score (nSPS) is 10.6. The quantitative estimate of drug-likeness (QED) is 0.734. The third kappa shape index (κ3) is 4.21. The highest BCUT2D eigenvalue weighted by atomic mass is 16.5. The summed E-state index contributed by atoms with van der Waals surface area (Å²) in [4.78, 5) is 2.13. The summed E-state index contributed by atoms with van der Waals surface area (Å²) in [5.74, 6) is 0.891. The van der Waals surface area contributed by atoms with Crippen LogP contribution in [0.15, 0.2) is 30.9 Å². The van der Waals surface area contributed by atoms with Crippen LogP contribution in [0.2, 0.25) is 0 Å². The number of aryl methyl sites for hydroxylation is 1. The Morgan fingerprint density at radius 2 is 2.24 bits per heavy atom. The minimum Gasteiger partial charge on any atom is -0.496 e. The molecule has 0 aromatic heterocycles. The predicted molar refractivity (Wildman–Crippen MR) is 70.3 cm³/mol. The number of ether oxygens (including phenoxy) is 1. The molecule has 0 aliphatic heterocycles. The summed E-state index contributed by atoms with van der Waals surface area (Å²) >= 11 is 0. The van der Waals surface area contributed by atoms with Crippen LogP contribution in [-0.2, 0) is 6.54 Å². The monoisotopic (exact) mass is 235 g/mol. The standard InChI is InChI=1S/C14H21NO2/c1-4-7-15(8-9-16)11-13-10-12(2)5-6-14(13)17-3/h4-6,10,16H,1,7-9,11H2,2-3H3. The molecule has 3 nitrogen and oxygen atoms in total. The number of aliphatic hydroxyl groups excluding tert-OH is 1. The van der Waals surface area contributed by atoms with Gasteiger partial charge in [-0.25, -0.2) is 0 Å². The van der Waals surface area contributed by atoms with Gasteiger partial charge >= 0.3 is 0 Å². The molecule has 0 unspecified atom stereocenters. The van der Waals surface area contributed by atoms with Gasteiger partial charge < -0.3 is 9.84 Å². The molecule has 1 rings (SSSR count). The van der Waals surface area contributed by atoms with Gasteiger partial charge in [0.05, 0.1) is 13.7 Å². The lowest BCUT2D eigenvalue weighted by Gasteiger charge is -2.21. The molecule has 0 spiro atoms. The van der Waals surface area contributed by atoms with Gasteiger partial charge in [-0.2, -0.15) is 0 Å². The van der Waals surface area contributed by atoms with Crippen molar-refractivity contribution in [1.29, 1.82) is 0 Å². The molecular weight excluding hydrogens is 214 g/mol. The van der Waals surface area contributed by atoms with E-state index in [4.69, 9.17) is 9.84 Å². The van der Waals surface area contributed by atoms with E-state index < -0.39 is 0 Å². The summed E-state index contributed by atoms with van der Waals surface area (Å²) in [5, 5.41) is 9.02. The van der Waals surface area contributed by atoms with Crippen molar-refractivity contribution in [3.05, 3.63) is 42.0 Å². The molecule has 0 heterocycles. The lowest BCUT2D eigenvalue weighted by molar-refractivity contribution is 0.202. The van der Waals surface area contributed by atoms with E-state index in [2.05, 4.69) is 24.5 Å². The molecule has 0 radical (unpaired) electrons. The number of hydrogen-bond donors (Lipinski definition) is 1. The van der Waals surface area contributed by atoms with Gasteiger partial charge in [0, 0.05) is 25.2 Å². The maximum atomic E-state index is 9.02. The van der Waals surface area contributed by atoms with E-state index in [1.165, 1.54) is 5.56 Å². The van der Waals surface area contributed by atoms with Crippen LogP contribution in [0, 0.1) is 6.92 Å². The van der Waals surface area contributed by atoms with Crippen molar-refractivity contribution in [2.24, 2.45) is 0 Å². The summed E-state index contributed by atoms with van der Waals surface area (Å²) in [6, 6.07) is 6.13. The lowest BCUT2D eigenvalue weighted by atomic mass is 10.1. The molecule has 0 aliphatic rings. The van der Waals surface area contributed by atoms with Crippen LogP contribution in [0.3, 0.4) is 0 Å². The molecule has 0 bridgehead atoms. The van der Waals surface area contributed by atoms with E-state index in [0.717, 1.165) is 24.4 Å². The first-order valence-electron chi connectivity index (χ1n) is 5.79. The summed E-state index contributed by atoms with van der Waals surface area (Å²) < 4.78 is 5.34. The second-order valence-electron chi connectivity index (χ2n) is 4.06. The van der Waals surface area contributed by atoms with Gasteiger partial charge in [0.15, 0.2) is 0 Å². The zero-order chi connectivity index (χ0) is 12.7. The number of nitrogens with zero attached hydrogens (tertiary/aromatic N) is 1. The van der Waals surface area contributed by atoms with Crippen LogP contribution in [0.1, 0.15) is 11.1 Å². The van der Waals surface area contributed by atoms with Crippen LogP contribution in [0.5, 0.6) is 5.75 Å². The predicted octanol–water partition coefficient (Wildman–Crippen LogP) is 1.98. The van der Waals surface area contributed by atoms with Crippen molar-refractivity contribution in [3.8, 4) is 5.75 Å². The highest BCUT2D eigenvalue weighted by Gasteiger charge is 2.08.